The molecule has 0 aliphatic carbocycles. The van der Waals surface area contributed by atoms with E-state index in [-0.39, 0.29) is 5.54 Å². The van der Waals surface area contributed by atoms with Crippen LogP contribution in [-0.4, -0.2) is 18.9 Å². The van der Waals surface area contributed by atoms with Crippen molar-refractivity contribution in [3.63, 3.8) is 0 Å². The minimum absolute atomic E-state index is 0.0532. The summed E-state index contributed by atoms with van der Waals surface area (Å²) in [6.45, 7) is 26.2. The highest BCUT2D eigenvalue weighted by atomic mass is 28.3. The fourth-order valence-corrected chi connectivity index (χ4v) is 12.1. The molecule has 0 aromatic rings. The Morgan fingerprint density at radius 1 is 0.900 bits per heavy atom. The van der Waals surface area contributed by atoms with Gasteiger partial charge >= 0.3 is 0 Å². The molecule has 1 unspecified atom stereocenters. The summed E-state index contributed by atoms with van der Waals surface area (Å²) in [5.41, 5.74) is 0.0532. The molecule has 0 aromatic heterocycles. The van der Waals surface area contributed by atoms with Crippen molar-refractivity contribution >= 4 is 13.4 Å². The maximum absolute atomic E-state index is 5.28. The Morgan fingerprint density at radius 3 is 1.55 bits per heavy atom. The summed E-state index contributed by atoms with van der Waals surface area (Å²) in [4.78, 5) is 5.28. The van der Waals surface area contributed by atoms with Crippen molar-refractivity contribution in [2.75, 3.05) is 0 Å². The lowest BCUT2D eigenvalue weighted by Gasteiger charge is -2.63. The molecule has 1 aliphatic rings. The molecule has 1 heterocycles. The molecular weight excluding hydrogens is 258 g/mol. The van der Waals surface area contributed by atoms with Crippen LogP contribution in [0.5, 0.6) is 0 Å². The summed E-state index contributed by atoms with van der Waals surface area (Å²) in [6, 6.07) is 1.42. The van der Waals surface area contributed by atoms with Crippen molar-refractivity contribution in [2.24, 2.45) is 16.8 Å². The van der Waals surface area contributed by atoms with Crippen LogP contribution in [0.15, 0.2) is 4.99 Å². The van der Waals surface area contributed by atoms with Crippen molar-refractivity contribution in [1.82, 2.24) is 0 Å². The van der Waals surface area contributed by atoms with Gasteiger partial charge in [-0.05, 0) is 48.7 Å². The summed E-state index contributed by atoms with van der Waals surface area (Å²) in [7, 11) is -1.56. The fraction of sp³-hybridized carbons (Fsp3) is 0.944. The van der Waals surface area contributed by atoms with Gasteiger partial charge in [-0.3, -0.25) is 4.99 Å². The van der Waals surface area contributed by atoms with Gasteiger partial charge in [0.15, 0.2) is 0 Å². The molecule has 0 spiro atoms. The minimum Gasteiger partial charge on any atom is -0.293 e. The van der Waals surface area contributed by atoms with Crippen molar-refractivity contribution in [3.05, 3.63) is 0 Å². The van der Waals surface area contributed by atoms with Gasteiger partial charge in [-0.25, -0.2) is 0 Å². The minimum atomic E-state index is -1.56. The fourth-order valence-electron chi connectivity index (χ4n) is 4.31. The summed E-state index contributed by atoms with van der Waals surface area (Å²) in [6.07, 6.45) is 0. The summed E-state index contributed by atoms with van der Waals surface area (Å²) < 4.78 is 0. The van der Waals surface area contributed by atoms with E-state index >= 15 is 0 Å². The third-order valence-electron chi connectivity index (χ3n) is 5.14. The predicted octanol–water partition coefficient (Wildman–Crippen LogP) is 6.10. The first kappa shape index (κ1) is 17.9. The van der Waals surface area contributed by atoms with Gasteiger partial charge in [0.2, 0.25) is 0 Å². The summed E-state index contributed by atoms with van der Waals surface area (Å²) in [5.74, 6) is 1.45. The van der Waals surface area contributed by atoms with Crippen LogP contribution in [0.4, 0.5) is 0 Å². The van der Waals surface area contributed by atoms with Crippen LogP contribution < -0.4 is 0 Å². The van der Waals surface area contributed by atoms with Crippen molar-refractivity contribution in [3.8, 4) is 0 Å². The van der Waals surface area contributed by atoms with Crippen LogP contribution in [0.2, 0.25) is 16.1 Å². The molecule has 0 aromatic carbocycles. The van der Waals surface area contributed by atoms with Gasteiger partial charge in [-0.1, -0.05) is 55.4 Å². The lowest BCUT2D eigenvalue weighted by molar-refractivity contribution is 0.463. The lowest BCUT2D eigenvalue weighted by atomic mass is 9.97. The predicted molar refractivity (Wildman–Crippen MR) is 95.5 cm³/mol. The second-order valence-electron chi connectivity index (χ2n) is 10.1. The molecule has 1 fully saturated rings. The van der Waals surface area contributed by atoms with E-state index in [1.54, 1.807) is 5.33 Å². The molecule has 1 aliphatic heterocycles. The Morgan fingerprint density at radius 2 is 1.30 bits per heavy atom. The summed E-state index contributed by atoms with van der Waals surface area (Å²) >= 11 is 0. The highest BCUT2D eigenvalue weighted by Gasteiger charge is 2.65. The number of nitrogens with zero attached hydrogens (tertiary/aromatic N) is 1. The molecule has 1 nitrogen and oxygen atoms in total. The largest absolute Gasteiger partial charge is 0.293 e. The summed E-state index contributed by atoms with van der Waals surface area (Å²) in [5, 5.41) is 2.40. The van der Waals surface area contributed by atoms with E-state index < -0.39 is 8.07 Å². The Kier molecular flexibility index (Phi) is 4.45. The molecule has 118 valence electrons. The lowest BCUT2D eigenvalue weighted by Crippen LogP contribution is -2.70. The topological polar surface area (TPSA) is 12.4 Å². The van der Waals surface area contributed by atoms with Gasteiger partial charge in [-0.2, -0.15) is 0 Å². The zero-order valence-corrected chi connectivity index (χ0v) is 16.8. The monoisotopic (exact) mass is 295 g/mol. The van der Waals surface area contributed by atoms with E-state index in [2.05, 4.69) is 76.2 Å². The first-order valence-corrected chi connectivity index (χ1v) is 10.4. The number of rotatable bonds is 1. The first-order valence-electron chi connectivity index (χ1n) is 8.24. The third kappa shape index (κ3) is 2.91. The van der Waals surface area contributed by atoms with Gasteiger partial charge in [0.25, 0.3) is 0 Å². The zero-order chi connectivity index (χ0) is 16.1. The quantitative estimate of drug-likeness (QED) is 0.518. The Labute approximate surface area is 128 Å². The van der Waals surface area contributed by atoms with Crippen molar-refractivity contribution in [1.29, 1.82) is 0 Å². The van der Waals surface area contributed by atoms with E-state index in [0.717, 1.165) is 11.8 Å². The first-order chi connectivity index (χ1) is 8.63. The second-order valence-corrected chi connectivity index (χ2v) is 15.9. The maximum Gasteiger partial charge on any atom is 0.116 e. The average Bonchev–Trinajstić information content (AvgIpc) is 2.05. The molecule has 2 heteroatoms. The molecule has 1 rings (SSSR count). The molecule has 1 atom stereocenters. The highest BCUT2D eigenvalue weighted by Crippen LogP contribution is 2.62. The smallest absolute Gasteiger partial charge is 0.116 e. The Bertz CT molecular complexity index is 371. The molecule has 0 N–H and O–H groups in total. The third-order valence-corrected chi connectivity index (χ3v) is 12.7. The average molecular weight is 296 g/mol. The van der Waals surface area contributed by atoms with E-state index in [0.29, 0.717) is 10.1 Å². The number of hydrogen-bond acceptors (Lipinski definition) is 1. The SMILES string of the molecule is CC(C)C1C[Si](C(C)(C)C)(C(C)(C)C)C1=NC(C)(C)C. The second kappa shape index (κ2) is 4.96. The van der Waals surface area contributed by atoms with E-state index in [9.17, 15) is 0 Å². The molecule has 0 radical (unpaired) electrons. The molecule has 0 saturated carbocycles. The van der Waals surface area contributed by atoms with Crippen LogP contribution in [0, 0.1) is 11.8 Å². The number of aliphatic imine (C=N–C) groups is 1. The van der Waals surface area contributed by atoms with Gasteiger partial charge in [0.1, 0.15) is 8.07 Å². The molecule has 1 saturated heterocycles. The van der Waals surface area contributed by atoms with Crippen LogP contribution in [0.25, 0.3) is 0 Å². The van der Waals surface area contributed by atoms with E-state index in [1.807, 2.05) is 0 Å². The molecule has 0 amide bonds. The molecular formula is C18H37NSi. The van der Waals surface area contributed by atoms with E-state index in [4.69, 9.17) is 4.99 Å². The van der Waals surface area contributed by atoms with Crippen molar-refractivity contribution in [2.45, 2.75) is 97.8 Å². The molecule has 20 heavy (non-hydrogen) atoms. The number of hydrogen-bond donors (Lipinski definition) is 0. The van der Waals surface area contributed by atoms with Gasteiger partial charge in [0, 0.05) is 5.33 Å². The van der Waals surface area contributed by atoms with Crippen LogP contribution >= 0.6 is 0 Å². The Balaban J connectivity index is 3.45. The van der Waals surface area contributed by atoms with E-state index in [1.165, 1.54) is 6.04 Å². The van der Waals surface area contributed by atoms with Gasteiger partial charge in [-0.15, -0.1) is 0 Å². The zero-order valence-electron chi connectivity index (χ0n) is 15.8. The van der Waals surface area contributed by atoms with Crippen molar-refractivity contribution < 1.29 is 0 Å². The highest BCUT2D eigenvalue weighted by molar-refractivity contribution is 7.14. The Hall–Kier alpha value is -0.113. The van der Waals surface area contributed by atoms with Crippen LogP contribution in [0.3, 0.4) is 0 Å². The van der Waals surface area contributed by atoms with Crippen LogP contribution in [-0.2, 0) is 0 Å². The molecule has 0 bridgehead atoms. The van der Waals surface area contributed by atoms with Gasteiger partial charge < -0.3 is 0 Å². The standard InChI is InChI=1S/C18H37NSi/c1-13(2)14-12-20(17(6,7)8,18(9,10)11)15(14)19-16(3,4)5/h13-14H,12H2,1-11H3. The van der Waals surface area contributed by atoms with Gasteiger partial charge in [0.05, 0.1) is 5.54 Å². The van der Waals surface area contributed by atoms with Crippen LogP contribution in [0.1, 0.15) is 76.2 Å². The normalized spacial score (nSPS) is 26.0. The maximum atomic E-state index is 5.28.